The summed E-state index contributed by atoms with van der Waals surface area (Å²) in [5.41, 5.74) is 4.93. The summed E-state index contributed by atoms with van der Waals surface area (Å²) in [6.07, 6.45) is 0. The first-order chi connectivity index (χ1) is 13.6. The molecule has 3 aromatic rings. The minimum absolute atomic E-state index is 0.530. The van der Waals surface area contributed by atoms with Gasteiger partial charge in [-0.25, -0.2) is 0 Å². The Morgan fingerprint density at radius 1 is 1.00 bits per heavy atom. The minimum atomic E-state index is 0.530. The highest BCUT2D eigenvalue weighted by Gasteiger charge is 2.21. The number of methoxy groups -OCH3 is 1. The van der Waals surface area contributed by atoms with Gasteiger partial charge in [0, 0.05) is 37.4 Å². The predicted molar refractivity (Wildman–Crippen MR) is 110 cm³/mol. The van der Waals surface area contributed by atoms with Crippen LogP contribution in [0.5, 0.6) is 5.75 Å². The molecule has 1 aliphatic heterocycles. The summed E-state index contributed by atoms with van der Waals surface area (Å²) >= 11 is 0. The molecule has 0 aliphatic carbocycles. The fourth-order valence-corrected chi connectivity index (χ4v) is 3.61. The van der Waals surface area contributed by atoms with Crippen LogP contribution in [0.15, 0.2) is 46.9 Å². The van der Waals surface area contributed by atoms with Crippen LogP contribution in [0.2, 0.25) is 0 Å². The van der Waals surface area contributed by atoms with Crippen LogP contribution >= 0.6 is 0 Å². The molecule has 2 aromatic carbocycles. The van der Waals surface area contributed by atoms with E-state index in [1.807, 2.05) is 24.3 Å². The van der Waals surface area contributed by atoms with Gasteiger partial charge in [-0.2, -0.15) is 0 Å². The van der Waals surface area contributed by atoms with Gasteiger partial charge in [-0.3, -0.25) is 4.90 Å². The summed E-state index contributed by atoms with van der Waals surface area (Å²) in [6.45, 7) is 9.01. The largest absolute Gasteiger partial charge is 0.497 e. The molecule has 6 nitrogen and oxygen atoms in total. The van der Waals surface area contributed by atoms with Gasteiger partial charge >= 0.3 is 0 Å². The first-order valence-electron chi connectivity index (χ1n) is 9.64. The van der Waals surface area contributed by atoms with Gasteiger partial charge in [-0.05, 0) is 49.2 Å². The van der Waals surface area contributed by atoms with Gasteiger partial charge in [0.15, 0.2) is 0 Å². The number of benzene rings is 2. The molecule has 0 unspecified atom stereocenters. The van der Waals surface area contributed by atoms with E-state index >= 15 is 0 Å². The number of hydrogen-bond acceptors (Lipinski definition) is 6. The molecule has 1 aliphatic rings. The fraction of sp³-hybridized carbons (Fsp3) is 0.364. The number of rotatable bonds is 5. The maximum absolute atomic E-state index is 5.89. The Morgan fingerprint density at radius 2 is 1.79 bits per heavy atom. The van der Waals surface area contributed by atoms with E-state index in [0.717, 1.165) is 37.5 Å². The Kier molecular flexibility index (Phi) is 5.30. The third-order valence-corrected chi connectivity index (χ3v) is 5.43. The van der Waals surface area contributed by atoms with Crippen molar-refractivity contribution in [3.8, 4) is 17.2 Å². The number of ether oxygens (including phenoxy) is 1. The highest BCUT2D eigenvalue weighted by atomic mass is 16.5. The lowest BCUT2D eigenvalue weighted by atomic mass is 10.1. The lowest BCUT2D eigenvalue weighted by molar-refractivity contribution is 0.227. The number of aromatic nitrogens is 2. The van der Waals surface area contributed by atoms with Crippen molar-refractivity contribution in [2.45, 2.75) is 20.4 Å². The molecule has 0 atom stereocenters. The van der Waals surface area contributed by atoms with Crippen molar-refractivity contribution in [3.05, 3.63) is 59.5 Å². The molecule has 0 radical (unpaired) electrons. The third-order valence-electron chi connectivity index (χ3n) is 5.43. The molecule has 2 heterocycles. The van der Waals surface area contributed by atoms with E-state index < -0.39 is 0 Å². The van der Waals surface area contributed by atoms with Crippen molar-refractivity contribution in [1.82, 2.24) is 15.1 Å². The highest BCUT2D eigenvalue weighted by Crippen LogP contribution is 2.25. The summed E-state index contributed by atoms with van der Waals surface area (Å²) in [5.74, 6) is 1.96. The maximum Gasteiger partial charge on any atom is 0.247 e. The van der Waals surface area contributed by atoms with Crippen molar-refractivity contribution in [2.75, 3.05) is 38.2 Å². The van der Waals surface area contributed by atoms with Crippen LogP contribution in [0, 0.1) is 13.8 Å². The van der Waals surface area contributed by atoms with Crippen molar-refractivity contribution in [3.63, 3.8) is 0 Å². The van der Waals surface area contributed by atoms with Gasteiger partial charge in [0.1, 0.15) is 5.75 Å². The lowest BCUT2D eigenvalue weighted by Crippen LogP contribution is -2.46. The Hall–Kier alpha value is -2.86. The quantitative estimate of drug-likeness (QED) is 0.675. The Labute approximate surface area is 165 Å². The van der Waals surface area contributed by atoms with Crippen molar-refractivity contribution >= 4 is 5.69 Å². The molecule has 1 fully saturated rings. The van der Waals surface area contributed by atoms with Crippen LogP contribution in [-0.2, 0) is 6.54 Å². The molecular formula is C22H26N4O2. The normalized spacial score (nSPS) is 15.0. The molecule has 1 saturated heterocycles. The van der Waals surface area contributed by atoms with E-state index in [-0.39, 0.29) is 0 Å². The Balaban J connectivity index is 1.38. The average molecular weight is 378 g/mol. The first kappa shape index (κ1) is 18.5. The second-order valence-electron chi connectivity index (χ2n) is 7.22. The number of anilines is 1. The summed E-state index contributed by atoms with van der Waals surface area (Å²) < 4.78 is 11.1. The van der Waals surface area contributed by atoms with Gasteiger partial charge in [0.05, 0.1) is 13.7 Å². The summed E-state index contributed by atoms with van der Waals surface area (Å²) in [6, 6.07) is 14.2. The van der Waals surface area contributed by atoms with E-state index in [4.69, 9.17) is 9.15 Å². The van der Waals surface area contributed by atoms with E-state index in [1.165, 1.54) is 16.8 Å². The first-order valence-corrected chi connectivity index (χ1v) is 9.64. The van der Waals surface area contributed by atoms with Crippen molar-refractivity contribution < 1.29 is 9.15 Å². The number of aryl methyl sites for hydroxylation is 1. The molecule has 0 saturated carbocycles. The van der Waals surface area contributed by atoms with Crippen LogP contribution in [0.4, 0.5) is 5.69 Å². The number of hydrogen-bond donors (Lipinski definition) is 0. The average Bonchev–Trinajstić information content (AvgIpc) is 3.19. The molecular weight excluding hydrogens is 352 g/mol. The molecule has 0 N–H and O–H groups in total. The van der Waals surface area contributed by atoms with Crippen LogP contribution < -0.4 is 9.64 Å². The lowest BCUT2D eigenvalue weighted by Gasteiger charge is -2.36. The summed E-state index contributed by atoms with van der Waals surface area (Å²) in [7, 11) is 1.65. The fourth-order valence-electron chi connectivity index (χ4n) is 3.61. The Bertz CT molecular complexity index is 945. The predicted octanol–water partition coefficient (Wildman–Crippen LogP) is 3.68. The molecule has 146 valence electrons. The van der Waals surface area contributed by atoms with Gasteiger partial charge < -0.3 is 14.1 Å². The van der Waals surface area contributed by atoms with E-state index in [9.17, 15) is 0 Å². The molecule has 1 aromatic heterocycles. The maximum atomic E-state index is 5.89. The van der Waals surface area contributed by atoms with Crippen molar-refractivity contribution in [1.29, 1.82) is 0 Å². The van der Waals surface area contributed by atoms with Crippen LogP contribution in [0.1, 0.15) is 17.0 Å². The van der Waals surface area contributed by atoms with Crippen LogP contribution in [0.3, 0.4) is 0 Å². The van der Waals surface area contributed by atoms with E-state index in [1.54, 1.807) is 7.11 Å². The topological polar surface area (TPSA) is 54.6 Å². The third kappa shape index (κ3) is 3.87. The van der Waals surface area contributed by atoms with Crippen LogP contribution in [0.25, 0.3) is 11.5 Å². The van der Waals surface area contributed by atoms with Gasteiger partial charge in [0.25, 0.3) is 0 Å². The zero-order chi connectivity index (χ0) is 19.5. The molecule has 0 spiro atoms. The Morgan fingerprint density at radius 3 is 2.57 bits per heavy atom. The molecule has 4 rings (SSSR count). The zero-order valence-electron chi connectivity index (χ0n) is 16.7. The minimum Gasteiger partial charge on any atom is -0.497 e. The smallest absolute Gasteiger partial charge is 0.247 e. The summed E-state index contributed by atoms with van der Waals surface area (Å²) in [4.78, 5) is 4.83. The second kappa shape index (κ2) is 8.02. The molecule has 0 bridgehead atoms. The van der Waals surface area contributed by atoms with Crippen molar-refractivity contribution in [2.24, 2.45) is 0 Å². The van der Waals surface area contributed by atoms with Gasteiger partial charge in [0.2, 0.25) is 11.8 Å². The SMILES string of the molecule is COc1cccc(-c2nnc(CN3CCN(c4cccc(C)c4C)CC3)o2)c1. The molecule has 0 amide bonds. The standard InChI is InChI=1S/C22H26N4O2/c1-16-6-4-9-20(17(16)2)26-12-10-25(11-13-26)15-21-23-24-22(28-21)18-7-5-8-19(14-18)27-3/h4-9,14H,10-13,15H2,1-3H3. The van der Waals surface area contributed by atoms with E-state index in [0.29, 0.717) is 18.3 Å². The monoisotopic (exact) mass is 378 g/mol. The molecule has 28 heavy (non-hydrogen) atoms. The number of piperazine rings is 1. The molecule has 6 heteroatoms. The zero-order valence-corrected chi connectivity index (χ0v) is 16.7. The van der Waals surface area contributed by atoms with Gasteiger partial charge in [-0.1, -0.05) is 18.2 Å². The highest BCUT2D eigenvalue weighted by molar-refractivity contribution is 5.56. The van der Waals surface area contributed by atoms with Gasteiger partial charge in [-0.15, -0.1) is 10.2 Å². The summed E-state index contributed by atoms with van der Waals surface area (Å²) in [5, 5.41) is 8.43. The van der Waals surface area contributed by atoms with E-state index in [2.05, 4.69) is 52.0 Å². The second-order valence-corrected chi connectivity index (χ2v) is 7.22. The van der Waals surface area contributed by atoms with Crippen LogP contribution in [-0.4, -0.2) is 48.4 Å². The number of nitrogens with zero attached hydrogens (tertiary/aromatic N) is 4.